The first-order chi connectivity index (χ1) is 6.92. The van der Waals surface area contributed by atoms with E-state index in [-0.39, 0.29) is 12.4 Å². The Morgan fingerprint density at radius 3 is 2.73 bits per heavy atom. The van der Waals surface area contributed by atoms with E-state index in [1.165, 1.54) is 12.8 Å². The van der Waals surface area contributed by atoms with Crippen LogP contribution in [0.15, 0.2) is 24.3 Å². The smallest absolute Gasteiger partial charge is 0.0995 e. The minimum absolute atomic E-state index is 0. The lowest BCUT2D eigenvalue weighted by atomic mass is 9.94. The van der Waals surface area contributed by atoms with E-state index < -0.39 is 0 Å². The molecule has 3 heteroatoms. The predicted octanol–water partition coefficient (Wildman–Crippen LogP) is 2.79. The highest BCUT2D eigenvalue weighted by molar-refractivity contribution is 5.85. The third-order valence-corrected chi connectivity index (χ3v) is 2.77. The van der Waals surface area contributed by atoms with Crippen LogP contribution in [0, 0.1) is 11.3 Å². The van der Waals surface area contributed by atoms with Crippen molar-refractivity contribution in [3.63, 3.8) is 0 Å². The minimum Gasteiger partial charge on any atom is -0.310 e. The van der Waals surface area contributed by atoms with Gasteiger partial charge in [-0.2, -0.15) is 5.26 Å². The van der Waals surface area contributed by atoms with Crippen molar-refractivity contribution in [2.45, 2.75) is 25.3 Å². The second-order valence-electron chi connectivity index (χ2n) is 3.70. The van der Waals surface area contributed by atoms with Crippen molar-refractivity contribution in [1.29, 1.82) is 5.26 Å². The second-order valence-corrected chi connectivity index (χ2v) is 3.70. The van der Waals surface area contributed by atoms with Crippen molar-refractivity contribution in [1.82, 2.24) is 5.32 Å². The van der Waals surface area contributed by atoms with Crippen molar-refractivity contribution < 1.29 is 0 Å². The van der Waals surface area contributed by atoms with Gasteiger partial charge in [-0.25, -0.2) is 0 Å². The van der Waals surface area contributed by atoms with Crippen LogP contribution in [-0.2, 0) is 0 Å². The molecule has 0 saturated carbocycles. The van der Waals surface area contributed by atoms with E-state index >= 15 is 0 Å². The van der Waals surface area contributed by atoms with Gasteiger partial charge < -0.3 is 5.32 Å². The molecule has 1 aliphatic heterocycles. The molecule has 0 unspecified atom stereocenters. The summed E-state index contributed by atoms with van der Waals surface area (Å²) >= 11 is 0. The molecule has 2 nitrogen and oxygen atoms in total. The molecule has 2 rings (SSSR count). The molecule has 0 amide bonds. The van der Waals surface area contributed by atoms with Crippen LogP contribution in [0.1, 0.15) is 36.4 Å². The number of nitriles is 1. The average molecular weight is 223 g/mol. The minimum atomic E-state index is 0. The fourth-order valence-corrected chi connectivity index (χ4v) is 2.02. The third kappa shape index (κ3) is 2.71. The molecule has 15 heavy (non-hydrogen) atoms. The van der Waals surface area contributed by atoms with Crippen molar-refractivity contribution >= 4 is 12.4 Å². The van der Waals surface area contributed by atoms with E-state index in [0.717, 1.165) is 24.1 Å². The number of hydrogen-bond donors (Lipinski definition) is 1. The van der Waals surface area contributed by atoms with E-state index in [2.05, 4.69) is 17.5 Å². The van der Waals surface area contributed by atoms with Gasteiger partial charge in [0.1, 0.15) is 0 Å². The zero-order valence-electron chi connectivity index (χ0n) is 8.57. The lowest BCUT2D eigenvalue weighted by Gasteiger charge is -2.24. The van der Waals surface area contributed by atoms with E-state index in [1.807, 2.05) is 18.2 Å². The highest BCUT2D eigenvalue weighted by Crippen LogP contribution is 2.25. The molecule has 1 aromatic rings. The highest BCUT2D eigenvalue weighted by atomic mass is 35.5. The van der Waals surface area contributed by atoms with Gasteiger partial charge in [0.2, 0.25) is 0 Å². The van der Waals surface area contributed by atoms with Crippen LogP contribution in [0.3, 0.4) is 0 Å². The molecule has 0 spiro atoms. The summed E-state index contributed by atoms with van der Waals surface area (Å²) in [5.74, 6) is 0. The summed E-state index contributed by atoms with van der Waals surface area (Å²) in [5, 5.41) is 12.4. The number of hydrogen-bond acceptors (Lipinski definition) is 2. The summed E-state index contributed by atoms with van der Waals surface area (Å²) in [6.45, 7) is 1.07. The monoisotopic (exact) mass is 222 g/mol. The largest absolute Gasteiger partial charge is 0.310 e. The Kier molecular flexibility index (Phi) is 4.61. The molecular weight excluding hydrogens is 208 g/mol. The van der Waals surface area contributed by atoms with E-state index in [4.69, 9.17) is 5.26 Å². The Morgan fingerprint density at radius 2 is 2.07 bits per heavy atom. The van der Waals surface area contributed by atoms with Crippen LogP contribution in [0.4, 0.5) is 0 Å². The first-order valence-electron chi connectivity index (χ1n) is 5.14. The zero-order chi connectivity index (χ0) is 9.80. The molecule has 80 valence electrons. The molecule has 0 bridgehead atoms. The van der Waals surface area contributed by atoms with Gasteiger partial charge in [0.05, 0.1) is 11.6 Å². The maximum absolute atomic E-state index is 8.97. The van der Waals surface area contributed by atoms with Gasteiger partial charge in [-0.15, -0.1) is 12.4 Å². The Morgan fingerprint density at radius 1 is 1.27 bits per heavy atom. The molecule has 1 N–H and O–H groups in total. The molecule has 1 atom stereocenters. The van der Waals surface area contributed by atoms with Crippen molar-refractivity contribution in [3.8, 4) is 6.07 Å². The number of halogens is 1. The van der Waals surface area contributed by atoms with Crippen LogP contribution >= 0.6 is 12.4 Å². The number of piperidine rings is 1. The highest BCUT2D eigenvalue weighted by Gasteiger charge is 2.16. The van der Waals surface area contributed by atoms with Crippen LogP contribution in [0.2, 0.25) is 0 Å². The van der Waals surface area contributed by atoms with Crippen molar-refractivity contribution in [3.05, 3.63) is 35.4 Å². The molecular formula is C12H15ClN2. The van der Waals surface area contributed by atoms with Crippen LogP contribution in [0.25, 0.3) is 0 Å². The van der Waals surface area contributed by atoms with Crippen LogP contribution in [0.5, 0.6) is 0 Å². The van der Waals surface area contributed by atoms with Gasteiger partial charge >= 0.3 is 0 Å². The fraction of sp³-hybridized carbons (Fsp3) is 0.417. The predicted molar refractivity (Wildman–Crippen MR) is 63.0 cm³/mol. The second kappa shape index (κ2) is 5.75. The Hall–Kier alpha value is -1.04. The summed E-state index contributed by atoms with van der Waals surface area (Å²) in [4.78, 5) is 0. The first kappa shape index (κ1) is 12.0. The lowest BCUT2D eigenvalue weighted by Crippen LogP contribution is -2.27. The van der Waals surface area contributed by atoms with Gasteiger partial charge in [-0.05, 0) is 31.0 Å². The van der Waals surface area contributed by atoms with Crippen molar-refractivity contribution in [2.24, 2.45) is 0 Å². The Bertz CT molecular complexity index is 351. The first-order valence-corrected chi connectivity index (χ1v) is 5.14. The summed E-state index contributed by atoms with van der Waals surface area (Å²) < 4.78 is 0. The normalized spacial score (nSPS) is 20.1. The number of rotatable bonds is 1. The SMILES string of the molecule is Cl.N#Cc1ccccc1[C@H]1CCCCN1. The van der Waals surface area contributed by atoms with Crippen molar-refractivity contribution in [2.75, 3.05) is 6.54 Å². The van der Waals surface area contributed by atoms with Crippen LogP contribution < -0.4 is 5.32 Å². The maximum atomic E-state index is 8.97. The topological polar surface area (TPSA) is 35.8 Å². The number of nitrogens with zero attached hydrogens (tertiary/aromatic N) is 1. The van der Waals surface area contributed by atoms with Crippen LogP contribution in [-0.4, -0.2) is 6.54 Å². The molecule has 1 heterocycles. The van der Waals surface area contributed by atoms with E-state index in [9.17, 15) is 0 Å². The van der Waals surface area contributed by atoms with E-state index in [0.29, 0.717) is 6.04 Å². The quantitative estimate of drug-likeness (QED) is 0.793. The summed E-state index contributed by atoms with van der Waals surface area (Å²) in [5.41, 5.74) is 1.97. The van der Waals surface area contributed by atoms with E-state index in [1.54, 1.807) is 0 Å². The molecule has 0 aromatic heterocycles. The molecule has 1 aromatic carbocycles. The molecule has 1 saturated heterocycles. The third-order valence-electron chi connectivity index (χ3n) is 2.77. The summed E-state index contributed by atoms with van der Waals surface area (Å²) in [6.07, 6.45) is 3.67. The molecule has 1 fully saturated rings. The number of benzene rings is 1. The lowest BCUT2D eigenvalue weighted by molar-refractivity contribution is 0.412. The van der Waals surface area contributed by atoms with Gasteiger partial charge in [-0.3, -0.25) is 0 Å². The number of nitrogens with one attached hydrogen (secondary N) is 1. The molecule has 1 aliphatic rings. The fourth-order valence-electron chi connectivity index (χ4n) is 2.02. The zero-order valence-corrected chi connectivity index (χ0v) is 9.39. The molecule has 0 radical (unpaired) electrons. The standard InChI is InChI=1S/C12H14N2.ClH/c13-9-10-5-1-2-6-11(10)12-7-3-4-8-14-12;/h1-2,5-6,12,14H,3-4,7-8H2;1H/t12-;/m1./s1. The van der Waals surface area contributed by atoms with Gasteiger partial charge in [0.15, 0.2) is 0 Å². The average Bonchev–Trinajstić information content (AvgIpc) is 2.30. The maximum Gasteiger partial charge on any atom is 0.0995 e. The van der Waals surface area contributed by atoms with Gasteiger partial charge in [0, 0.05) is 6.04 Å². The van der Waals surface area contributed by atoms with Gasteiger partial charge in [-0.1, -0.05) is 24.6 Å². The summed E-state index contributed by atoms with van der Waals surface area (Å²) in [6, 6.07) is 10.5. The Balaban J connectivity index is 0.00000112. The van der Waals surface area contributed by atoms with Gasteiger partial charge in [0.25, 0.3) is 0 Å². The summed E-state index contributed by atoms with van der Waals surface area (Å²) in [7, 11) is 0. The molecule has 0 aliphatic carbocycles. The Labute approximate surface area is 96.7 Å².